The van der Waals surface area contributed by atoms with Crippen LogP contribution in [0.25, 0.3) is 0 Å². The second-order valence-electron chi connectivity index (χ2n) is 6.43. The van der Waals surface area contributed by atoms with Gasteiger partial charge in [0.25, 0.3) is 0 Å². The Morgan fingerprint density at radius 2 is 1.82 bits per heavy atom. The van der Waals surface area contributed by atoms with Gasteiger partial charge in [-0.2, -0.15) is 0 Å². The topological polar surface area (TPSA) is 50.4 Å². The molecule has 0 spiro atoms. The fourth-order valence-electron chi connectivity index (χ4n) is 3.08. The summed E-state index contributed by atoms with van der Waals surface area (Å²) in [5.74, 6) is 0.353. The fraction of sp³-hybridized carbons (Fsp3) is 0.238. The molecule has 0 radical (unpaired) electrons. The predicted molar refractivity (Wildman–Crippen MR) is 117 cm³/mol. The summed E-state index contributed by atoms with van der Waals surface area (Å²) in [6.45, 7) is 4.36. The van der Waals surface area contributed by atoms with Gasteiger partial charge >= 0.3 is 0 Å². The Labute approximate surface area is 179 Å². The smallest absolute Gasteiger partial charge is 0.193 e. The van der Waals surface area contributed by atoms with Crippen LogP contribution in [0.15, 0.2) is 53.7 Å². The summed E-state index contributed by atoms with van der Waals surface area (Å²) < 4.78 is 5.64. The maximum absolute atomic E-state index is 13.2. The lowest BCUT2D eigenvalue weighted by molar-refractivity contribution is 0.102. The number of benzene rings is 2. The molecule has 3 rings (SSSR count). The molecule has 0 bridgehead atoms. The Balaban J connectivity index is 2.04. The van der Waals surface area contributed by atoms with E-state index in [1.165, 1.54) is 0 Å². The molecule has 7 heteroatoms. The minimum Gasteiger partial charge on any atom is -0.490 e. The van der Waals surface area contributed by atoms with Crippen LogP contribution in [0, 0.1) is 0 Å². The Bertz CT molecular complexity index is 922. The molecule has 2 aromatic rings. The van der Waals surface area contributed by atoms with Gasteiger partial charge < -0.3 is 15.4 Å². The monoisotopic (exact) mass is 434 g/mol. The summed E-state index contributed by atoms with van der Waals surface area (Å²) in [5.41, 5.74) is 2.59. The van der Waals surface area contributed by atoms with E-state index in [1.54, 1.807) is 24.3 Å². The SMILES string of the molecule is CCCOc1c(Cl)cc(C2NC(=S)NC(C)=C2C(=O)c2ccccc2)cc1Cl. The molecule has 0 aliphatic carbocycles. The fourth-order valence-corrected chi connectivity index (χ4v) is 3.96. The van der Waals surface area contributed by atoms with E-state index < -0.39 is 6.04 Å². The highest BCUT2D eigenvalue weighted by Crippen LogP contribution is 2.39. The highest BCUT2D eigenvalue weighted by atomic mass is 35.5. The number of ether oxygens (including phenoxy) is 1. The van der Waals surface area contributed by atoms with Crippen molar-refractivity contribution in [2.24, 2.45) is 0 Å². The number of hydrogen-bond acceptors (Lipinski definition) is 3. The zero-order valence-electron chi connectivity index (χ0n) is 15.5. The first-order valence-electron chi connectivity index (χ1n) is 8.92. The molecule has 1 unspecified atom stereocenters. The first kappa shape index (κ1) is 20.6. The Morgan fingerprint density at radius 3 is 2.43 bits per heavy atom. The van der Waals surface area contributed by atoms with Gasteiger partial charge in [-0.1, -0.05) is 60.5 Å². The van der Waals surface area contributed by atoms with Crippen LogP contribution < -0.4 is 15.4 Å². The van der Waals surface area contributed by atoms with E-state index in [0.717, 1.165) is 12.0 Å². The third kappa shape index (κ3) is 4.32. The third-order valence-corrected chi connectivity index (χ3v) is 5.14. The molecular weight excluding hydrogens is 415 g/mol. The van der Waals surface area contributed by atoms with Crippen molar-refractivity contribution < 1.29 is 9.53 Å². The van der Waals surface area contributed by atoms with Crippen LogP contribution >= 0.6 is 35.4 Å². The van der Waals surface area contributed by atoms with E-state index in [2.05, 4.69) is 10.6 Å². The van der Waals surface area contributed by atoms with Gasteiger partial charge in [-0.3, -0.25) is 4.79 Å². The molecular formula is C21H20Cl2N2O2S. The van der Waals surface area contributed by atoms with Crippen molar-refractivity contribution in [1.82, 2.24) is 10.6 Å². The maximum Gasteiger partial charge on any atom is 0.193 e. The normalized spacial score (nSPS) is 16.4. The molecule has 28 heavy (non-hydrogen) atoms. The van der Waals surface area contributed by atoms with Gasteiger partial charge in [-0.15, -0.1) is 0 Å². The molecule has 0 fully saturated rings. The summed E-state index contributed by atoms with van der Waals surface area (Å²) in [7, 11) is 0. The number of ketones is 1. The van der Waals surface area contributed by atoms with E-state index in [0.29, 0.717) is 44.3 Å². The molecule has 146 valence electrons. The Hall–Kier alpha value is -2.08. The number of carbonyl (C=O) groups is 1. The first-order valence-corrected chi connectivity index (χ1v) is 10.1. The number of carbonyl (C=O) groups excluding carboxylic acids is 1. The van der Waals surface area contributed by atoms with Crippen LogP contribution in [0.2, 0.25) is 10.0 Å². The molecule has 0 saturated carbocycles. The summed E-state index contributed by atoms with van der Waals surface area (Å²) in [5, 5.41) is 7.43. The molecule has 2 aromatic carbocycles. The lowest BCUT2D eigenvalue weighted by atomic mass is 9.89. The van der Waals surface area contributed by atoms with Crippen LogP contribution in [0.1, 0.15) is 42.2 Å². The summed E-state index contributed by atoms with van der Waals surface area (Å²) in [6, 6.07) is 12.2. The highest BCUT2D eigenvalue weighted by Gasteiger charge is 2.31. The highest BCUT2D eigenvalue weighted by molar-refractivity contribution is 7.80. The van der Waals surface area contributed by atoms with Crippen molar-refractivity contribution in [3.05, 3.63) is 74.9 Å². The molecule has 1 heterocycles. The minimum atomic E-state index is -0.475. The Morgan fingerprint density at radius 1 is 1.18 bits per heavy atom. The van der Waals surface area contributed by atoms with E-state index >= 15 is 0 Å². The van der Waals surface area contributed by atoms with Crippen molar-refractivity contribution in [3.8, 4) is 5.75 Å². The maximum atomic E-state index is 13.2. The minimum absolute atomic E-state index is 0.0934. The van der Waals surface area contributed by atoms with Crippen LogP contribution in [0.4, 0.5) is 0 Å². The number of hydrogen-bond donors (Lipinski definition) is 2. The van der Waals surface area contributed by atoms with Gasteiger partial charge in [0.05, 0.1) is 22.7 Å². The average molecular weight is 435 g/mol. The zero-order valence-corrected chi connectivity index (χ0v) is 17.8. The number of Topliss-reactive ketones (excluding diaryl/α,β-unsaturated/α-hetero) is 1. The van der Waals surface area contributed by atoms with Crippen molar-refractivity contribution >= 4 is 46.3 Å². The van der Waals surface area contributed by atoms with E-state index in [9.17, 15) is 4.79 Å². The summed E-state index contributed by atoms with van der Waals surface area (Å²) in [4.78, 5) is 13.2. The van der Waals surface area contributed by atoms with E-state index in [4.69, 9.17) is 40.2 Å². The van der Waals surface area contributed by atoms with Crippen LogP contribution in [0.5, 0.6) is 5.75 Å². The van der Waals surface area contributed by atoms with Gasteiger partial charge in [0.15, 0.2) is 16.6 Å². The quantitative estimate of drug-likeness (QED) is 0.466. The van der Waals surface area contributed by atoms with Gasteiger partial charge in [0.2, 0.25) is 0 Å². The molecule has 1 aliphatic rings. The molecule has 1 atom stereocenters. The predicted octanol–water partition coefficient (Wildman–Crippen LogP) is 5.46. The molecule has 4 nitrogen and oxygen atoms in total. The van der Waals surface area contributed by atoms with Crippen LogP contribution in [-0.4, -0.2) is 17.5 Å². The van der Waals surface area contributed by atoms with Gasteiger partial charge in [-0.25, -0.2) is 0 Å². The first-order chi connectivity index (χ1) is 13.4. The average Bonchev–Trinajstić information content (AvgIpc) is 2.67. The van der Waals surface area contributed by atoms with Crippen LogP contribution in [-0.2, 0) is 0 Å². The van der Waals surface area contributed by atoms with E-state index in [-0.39, 0.29) is 5.78 Å². The number of thiocarbonyl (C=S) groups is 1. The molecule has 1 aliphatic heterocycles. The second-order valence-corrected chi connectivity index (χ2v) is 7.65. The lowest BCUT2D eigenvalue weighted by Gasteiger charge is -2.31. The molecule has 0 amide bonds. The zero-order chi connectivity index (χ0) is 20.3. The standard InChI is InChI=1S/C21H20Cl2N2O2S/c1-3-9-27-20-15(22)10-14(11-16(20)23)18-17(12(2)24-21(28)25-18)19(26)13-7-5-4-6-8-13/h4-8,10-11,18H,3,9H2,1-2H3,(H2,24,25,28). The molecule has 0 saturated heterocycles. The largest absolute Gasteiger partial charge is 0.490 e. The molecule has 2 N–H and O–H groups in total. The van der Waals surface area contributed by atoms with Crippen molar-refractivity contribution in [2.75, 3.05) is 6.61 Å². The van der Waals surface area contributed by atoms with E-state index in [1.807, 2.05) is 32.0 Å². The van der Waals surface area contributed by atoms with Gasteiger partial charge in [0.1, 0.15) is 0 Å². The number of rotatable bonds is 6. The Kier molecular flexibility index (Phi) is 6.60. The second kappa shape index (κ2) is 8.95. The van der Waals surface area contributed by atoms with Crippen LogP contribution in [0.3, 0.4) is 0 Å². The van der Waals surface area contributed by atoms with Crippen molar-refractivity contribution in [2.45, 2.75) is 26.3 Å². The summed E-state index contributed by atoms with van der Waals surface area (Å²) in [6.07, 6.45) is 0.843. The lowest BCUT2D eigenvalue weighted by Crippen LogP contribution is -2.44. The van der Waals surface area contributed by atoms with Gasteiger partial charge in [0, 0.05) is 16.8 Å². The number of allylic oxidation sites excluding steroid dienone is 1. The number of halogens is 2. The third-order valence-electron chi connectivity index (χ3n) is 4.35. The van der Waals surface area contributed by atoms with Gasteiger partial charge in [-0.05, 0) is 43.3 Å². The van der Waals surface area contributed by atoms with Crippen molar-refractivity contribution in [1.29, 1.82) is 0 Å². The molecule has 0 aromatic heterocycles. The number of nitrogens with one attached hydrogen (secondary N) is 2. The summed E-state index contributed by atoms with van der Waals surface area (Å²) >= 11 is 18.1. The van der Waals surface area contributed by atoms with Crippen molar-refractivity contribution in [3.63, 3.8) is 0 Å².